The fraction of sp³-hybridized carbons (Fsp3) is 0. The van der Waals surface area contributed by atoms with E-state index in [1.54, 1.807) is 6.21 Å². The summed E-state index contributed by atoms with van der Waals surface area (Å²) in [7, 11) is 0. The summed E-state index contributed by atoms with van der Waals surface area (Å²) in [5, 5.41) is 12.2. The Labute approximate surface area is 149 Å². The van der Waals surface area contributed by atoms with Crippen LogP contribution in [0, 0.1) is 0 Å². The Morgan fingerprint density at radius 3 is 2.16 bits per heavy atom. The Balaban J connectivity index is 1.53. The predicted molar refractivity (Wildman–Crippen MR) is 104 cm³/mol. The van der Waals surface area contributed by atoms with Gasteiger partial charge in [0, 0.05) is 17.0 Å². The zero-order valence-electron chi connectivity index (χ0n) is 13.3. The van der Waals surface area contributed by atoms with E-state index in [2.05, 4.69) is 4.99 Å². The molecule has 0 unspecified atom stereocenters. The minimum Gasteiger partial charge on any atom is -0.499 e. The van der Waals surface area contributed by atoms with Gasteiger partial charge in [0.05, 0.1) is 10.6 Å². The number of fused-ring (bicyclic) bond motifs is 1. The molecule has 4 aromatic rings. The molecule has 1 N–H and O–H groups in total. The van der Waals surface area contributed by atoms with E-state index in [1.807, 2.05) is 78.9 Å². The van der Waals surface area contributed by atoms with Gasteiger partial charge in [0.25, 0.3) is 0 Å². The van der Waals surface area contributed by atoms with Gasteiger partial charge in [-0.2, -0.15) is 0 Å². The number of thiophene rings is 1. The third kappa shape index (κ3) is 3.39. The van der Waals surface area contributed by atoms with Crippen LogP contribution in [0.25, 0.3) is 10.8 Å². The summed E-state index contributed by atoms with van der Waals surface area (Å²) in [6, 6.07) is 25.0. The predicted octanol–water partition coefficient (Wildman–Crippen LogP) is 6.15. The highest BCUT2D eigenvalue weighted by Crippen LogP contribution is 2.35. The quantitative estimate of drug-likeness (QED) is 0.451. The minimum absolute atomic E-state index is 0.323. The minimum atomic E-state index is 0.323. The number of aromatic hydroxyl groups is 1. The average Bonchev–Trinajstić information content (AvgIpc) is 2.98. The lowest BCUT2D eigenvalue weighted by Crippen LogP contribution is -1.82. The SMILES string of the molecule is Oc1sc(C=Nc2ccc(Oc3ccccc3)cc2)c2ccccc12. The number of benzene rings is 3. The Morgan fingerprint density at radius 2 is 1.40 bits per heavy atom. The second-order valence-electron chi connectivity index (χ2n) is 5.48. The molecule has 0 radical (unpaired) electrons. The molecule has 0 fully saturated rings. The second-order valence-corrected chi connectivity index (χ2v) is 6.51. The Hall–Kier alpha value is -3.11. The van der Waals surface area contributed by atoms with Crippen LogP contribution < -0.4 is 4.74 Å². The molecule has 0 aliphatic carbocycles. The van der Waals surface area contributed by atoms with E-state index < -0.39 is 0 Å². The van der Waals surface area contributed by atoms with E-state index in [9.17, 15) is 5.11 Å². The number of aliphatic imine (C=N–C) groups is 1. The molecule has 0 amide bonds. The second kappa shape index (κ2) is 6.79. The van der Waals surface area contributed by atoms with Crippen LogP contribution in [0.4, 0.5) is 5.69 Å². The molecule has 0 spiro atoms. The van der Waals surface area contributed by atoms with Crippen molar-refractivity contribution in [3.05, 3.63) is 83.7 Å². The maximum Gasteiger partial charge on any atom is 0.179 e. The monoisotopic (exact) mass is 345 g/mol. The first kappa shape index (κ1) is 15.4. The van der Waals surface area contributed by atoms with Crippen LogP contribution in [0.15, 0.2) is 83.9 Å². The van der Waals surface area contributed by atoms with E-state index in [0.717, 1.165) is 32.8 Å². The molecule has 122 valence electrons. The van der Waals surface area contributed by atoms with E-state index in [1.165, 1.54) is 11.3 Å². The molecule has 3 aromatic carbocycles. The smallest absolute Gasteiger partial charge is 0.179 e. The van der Waals surface area contributed by atoms with E-state index in [0.29, 0.717) is 5.06 Å². The maximum absolute atomic E-state index is 10.0. The fourth-order valence-corrected chi connectivity index (χ4v) is 3.44. The molecule has 25 heavy (non-hydrogen) atoms. The normalized spacial score (nSPS) is 11.2. The molecular weight excluding hydrogens is 330 g/mol. The summed E-state index contributed by atoms with van der Waals surface area (Å²) in [5.74, 6) is 1.57. The maximum atomic E-state index is 10.0. The molecule has 0 atom stereocenters. The lowest BCUT2D eigenvalue weighted by Gasteiger charge is -2.05. The molecule has 0 aliphatic rings. The summed E-state index contributed by atoms with van der Waals surface area (Å²) in [6.07, 6.45) is 1.79. The van der Waals surface area contributed by atoms with Crippen molar-refractivity contribution in [3.63, 3.8) is 0 Å². The van der Waals surface area contributed by atoms with Gasteiger partial charge in [0.15, 0.2) is 5.06 Å². The van der Waals surface area contributed by atoms with Crippen molar-refractivity contribution >= 4 is 34.0 Å². The summed E-state index contributed by atoms with van der Waals surface area (Å²) >= 11 is 1.33. The molecular formula is C21H15NO2S. The van der Waals surface area contributed by atoms with Gasteiger partial charge in [-0.1, -0.05) is 47.7 Å². The summed E-state index contributed by atoms with van der Waals surface area (Å²) in [4.78, 5) is 5.45. The van der Waals surface area contributed by atoms with Gasteiger partial charge in [-0.25, -0.2) is 0 Å². The Kier molecular flexibility index (Phi) is 4.19. The zero-order chi connectivity index (χ0) is 17.1. The van der Waals surface area contributed by atoms with Gasteiger partial charge in [0.1, 0.15) is 11.5 Å². The Morgan fingerprint density at radius 1 is 0.760 bits per heavy atom. The van der Waals surface area contributed by atoms with Crippen molar-refractivity contribution in [2.24, 2.45) is 4.99 Å². The largest absolute Gasteiger partial charge is 0.499 e. The van der Waals surface area contributed by atoms with Gasteiger partial charge >= 0.3 is 0 Å². The first-order chi connectivity index (χ1) is 12.3. The number of rotatable bonds is 4. The molecule has 0 aliphatic heterocycles. The standard InChI is InChI=1S/C21H15NO2S/c23-21-19-9-5-4-8-18(19)20(25-21)14-22-15-10-12-17(13-11-15)24-16-6-2-1-3-7-16/h1-14,23H. The third-order valence-electron chi connectivity index (χ3n) is 3.78. The average molecular weight is 345 g/mol. The highest BCUT2D eigenvalue weighted by Gasteiger charge is 2.07. The Bertz CT molecular complexity index is 1020. The topological polar surface area (TPSA) is 41.8 Å². The molecule has 3 nitrogen and oxygen atoms in total. The molecule has 4 rings (SSSR count). The van der Waals surface area contributed by atoms with E-state index in [4.69, 9.17) is 4.74 Å². The highest BCUT2D eigenvalue weighted by molar-refractivity contribution is 7.17. The number of nitrogens with zero attached hydrogens (tertiary/aromatic N) is 1. The first-order valence-electron chi connectivity index (χ1n) is 7.87. The molecule has 1 aromatic heterocycles. The van der Waals surface area contributed by atoms with Crippen LogP contribution in [-0.4, -0.2) is 11.3 Å². The fourth-order valence-electron chi connectivity index (χ4n) is 2.55. The van der Waals surface area contributed by atoms with E-state index >= 15 is 0 Å². The van der Waals surface area contributed by atoms with Crippen LogP contribution in [0.1, 0.15) is 4.88 Å². The van der Waals surface area contributed by atoms with Crippen LogP contribution in [0.2, 0.25) is 0 Å². The van der Waals surface area contributed by atoms with Crippen LogP contribution >= 0.6 is 11.3 Å². The number of hydrogen-bond donors (Lipinski definition) is 1. The molecule has 4 heteroatoms. The molecule has 0 bridgehead atoms. The van der Waals surface area contributed by atoms with Crippen molar-refractivity contribution in [2.45, 2.75) is 0 Å². The molecule has 0 saturated carbocycles. The van der Waals surface area contributed by atoms with Gasteiger partial charge in [-0.3, -0.25) is 4.99 Å². The van der Waals surface area contributed by atoms with Crippen LogP contribution in [0.3, 0.4) is 0 Å². The number of hydrogen-bond acceptors (Lipinski definition) is 4. The molecule has 0 saturated heterocycles. The zero-order valence-corrected chi connectivity index (χ0v) is 14.1. The van der Waals surface area contributed by atoms with E-state index in [-0.39, 0.29) is 0 Å². The van der Waals surface area contributed by atoms with Crippen molar-refractivity contribution in [2.75, 3.05) is 0 Å². The summed E-state index contributed by atoms with van der Waals surface area (Å²) < 4.78 is 5.77. The third-order valence-corrected chi connectivity index (χ3v) is 4.73. The van der Waals surface area contributed by atoms with Gasteiger partial charge in [-0.05, 0) is 42.5 Å². The lowest BCUT2D eigenvalue weighted by molar-refractivity contribution is 0.483. The number of para-hydroxylation sites is 1. The van der Waals surface area contributed by atoms with Crippen molar-refractivity contribution < 1.29 is 9.84 Å². The van der Waals surface area contributed by atoms with Crippen molar-refractivity contribution in [1.29, 1.82) is 0 Å². The van der Waals surface area contributed by atoms with Gasteiger partial charge in [0.2, 0.25) is 0 Å². The van der Waals surface area contributed by atoms with Crippen molar-refractivity contribution in [3.8, 4) is 16.6 Å². The lowest BCUT2D eigenvalue weighted by atomic mass is 10.2. The highest BCUT2D eigenvalue weighted by atomic mass is 32.1. The summed E-state index contributed by atoms with van der Waals surface area (Å²) in [6.45, 7) is 0. The molecule has 1 heterocycles. The number of ether oxygens (including phenoxy) is 1. The van der Waals surface area contributed by atoms with Crippen LogP contribution in [0.5, 0.6) is 16.6 Å². The van der Waals surface area contributed by atoms with Crippen LogP contribution in [-0.2, 0) is 0 Å². The first-order valence-corrected chi connectivity index (χ1v) is 8.69. The van der Waals surface area contributed by atoms with Crippen molar-refractivity contribution in [1.82, 2.24) is 0 Å². The van der Waals surface area contributed by atoms with Gasteiger partial charge in [-0.15, -0.1) is 0 Å². The van der Waals surface area contributed by atoms with Gasteiger partial charge < -0.3 is 9.84 Å². The summed E-state index contributed by atoms with van der Waals surface area (Å²) in [5.41, 5.74) is 0.831.